The van der Waals surface area contributed by atoms with E-state index in [1.54, 1.807) is 64.1 Å². The monoisotopic (exact) mass is 1050 g/mol. The first kappa shape index (κ1) is 58.5. The van der Waals surface area contributed by atoms with Crippen LogP contribution >= 0.6 is 7.75 Å². The quantitative estimate of drug-likeness (QED) is 0.0228. The van der Waals surface area contributed by atoms with Gasteiger partial charge in [0.05, 0.1) is 37.4 Å². The van der Waals surface area contributed by atoms with Crippen LogP contribution in [-0.4, -0.2) is 108 Å². The van der Waals surface area contributed by atoms with Gasteiger partial charge in [-0.05, 0) is 60.6 Å². The van der Waals surface area contributed by atoms with Crippen molar-refractivity contribution in [3.05, 3.63) is 89.9 Å². The minimum absolute atomic E-state index is 0.00303. The molecule has 4 aromatic rings. The van der Waals surface area contributed by atoms with Crippen molar-refractivity contribution in [3.63, 3.8) is 0 Å². The number of rotatable bonds is 27. The smallest absolute Gasteiger partial charge is 0.459 e. The molecular formula is C52H72N7O14P. The standard InChI is InChI=1S/C52H72N7O14P/c1-11-36(12-2)27-67-49(62)35(9)58-74(65,73-39-20-18-37(19-21-39)26-40(50(63)66-25-24-32(3)4)57-51(64)68-28-38-16-14-13-15-17-38)69-29-42-44(70-47(60)33(5)6)45(71-48(61)34(7)8)52(72-42,30-54-10)43-23-22-41-46(53)55-31-56-59(41)43/h13-23,30-36,40,42,44-45H,11-12,24-29H2,1-10H3,(H,57,64)(H,58,65)(H2,53,55,56)/t35-,40-,42+,44+,45+,52-,74?/m0/s1. The molecule has 1 aliphatic heterocycles. The molecule has 1 amide bonds. The lowest BCUT2D eigenvalue weighted by Crippen LogP contribution is -2.48. The zero-order chi connectivity index (χ0) is 54.2. The van der Waals surface area contributed by atoms with Gasteiger partial charge in [-0.25, -0.2) is 23.7 Å². The van der Waals surface area contributed by atoms with Crippen molar-refractivity contribution in [2.75, 3.05) is 32.6 Å². The zero-order valence-corrected chi connectivity index (χ0v) is 44.8. The predicted octanol–water partition coefficient (Wildman–Crippen LogP) is 7.33. The molecule has 7 atom stereocenters. The van der Waals surface area contributed by atoms with Gasteiger partial charge in [0.1, 0.15) is 42.4 Å². The number of benzene rings is 2. The predicted molar refractivity (Wildman–Crippen MR) is 274 cm³/mol. The number of nitrogens with one attached hydrogen (secondary N) is 2. The molecule has 0 saturated carbocycles. The number of nitrogen functional groups attached to an aromatic ring is 1. The van der Waals surface area contributed by atoms with Gasteiger partial charge in [-0.15, -0.1) is 0 Å². The largest absolute Gasteiger partial charge is 0.464 e. The van der Waals surface area contributed by atoms with E-state index in [9.17, 15) is 24.0 Å². The van der Waals surface area contributed by atoms with Crippen molar-refractivity contribution in [3.8, 4) is 5.75 Å². The van der Waals surface area contributed by atoms with Gasteiger partial charge in [0.25, 0.3) is 0 Å². The Hall–Kier alpha value is -6.41. The maximum absolute atomic E-state index is 15.2. The van der Waals surface area contributed by atoms with E-state index in [1.807, 2.05) is 45.9 Å². The topological polar surface area (TPSA) is 269 Å². The molecule has 0 radical (unpaired) electrons. The molecule has 1 aliphatic rings. The number of aliphatic imine (C=N–C) groups is 1. The SMILES string of the molecule is CCC(CC)COC(=O)[C@H](C)NP(=O)(OC[C@H]1O[C@@](C=NC)(c2ccc3c(N)ncnn23)[C@H](OC(=O)C(C)C)[C@@H]1OC(=O)C(C)C)Oc1ccc(C[C@H](NC(=O)OCc2ccccc2)C(=O)OCCC(C)C)cc1. The summed E-state index contributed by atoms with van der Waals surface area (Å²) in [5, 5.41) is 9.72. The first-order chi connectivity index (χ1) is 35.2. The summed E-state index contributed by atoms with van der Waals surface area (Å²) in [6.07, 6.45) is -0.335. The number of ether oxygens (including phenoxy) is 6. The lowest BCUT2D eigenvalue weighted by atomic mass is 9.91. The number of aromatic nitrogens is 3. The van der Waals surface area contributed by atoms with Crippen LogP contribution in [0.4, 0.5) is 10.6 Å². The summed E-state index contributed by atoms with van der Waals surface area (Å²) in [6.45, 7) is 15.5. The summed E-state index contributed by atoms with van der Waals surface area (Å²) in [4.78, 5) is 75.3. The van der Waals surface area contributed by atoms with Crippen LogP contribution < -0.4 is 20.7 Å². The number of nitrogens with zero attached hydrogens (tertiary/aromatic N) is 4. The van der Waals surface area contributed by atoms with Gasteiger partial charge in [-0.1, -0.05) is 111 Å². The van der Waals surface area contributed by atoms with Crippen LogP contribution in [0.5, 0.6) is 5.75 Å². The fourth-order valence-corrected chi connectivity index (χ4v) is 9.15. The number of hydrogen-bond acceptors (Lipinski definition) is 18. The van der Waals surface area contributed by atoms with Crippen LogP contribution in [0.1, 0.15) is 98.4 Å². The van der Waals surface area contributed by atoms with Crippen LogP contribution in [0, 0.1) is 23.7 Å². The van der Waals surface area contributed by atoms with Gasteiger partial charge in [0.2, 0.25) is 0 Å². The number of carbonyl (C=O) groups is 5. The van der Waals surface area contributed by atoms with Crippen LogP contribution in [0.15, 0.2) is 78.0 Å². The van der Waals surface area contributed by atoms with E-state index >= 15 is 4.57 Å². The van der Waals surface area contributed by atoms with Crippen molar-refractivity contribution < 1.29 is 66.0 Å². The van der Waals surface area contributed by atoms with E-state index in [1.165, 1.54) is 43.2 Å². The summed E-state index contributed by atoms with van der Waals surface area (Å²) in [5.41, 5.74) is 6.33. The first-order valence-electron chi connectivity index (χ1n) is 24.9. The third kappa shape index (κ3) is 15.8. The van der Waals surface area contributed by atoms with E-state index in [0.717, 1.165) is 18.4 Å². The Balaban J connectivity index is 1.48. The number of carbonyl (C=O) groups excluding carboxylic acids is 5. The Morgan fingerprint density at radius 2 is 1.53 bits per heavy atom. The molecule has 22 heteroatoms. The van der Waals surface area contributed by atoms with E-state index in [-0.39, 0.29) is 55.3 Å². The Morgan fingerprint density at radius 3 is 2.16 bits per heavy atom. The molecule has 4 N–H and O–H groups in total. The number of nitrogens with two attached hydrogens (primary N) is 1. The van der Waals surface area contributed by atoms with E-state index in [4.69, 9.17) is 43.2 Å². The van der Waals surface area contributed by atoms with Crippen LogP contribution in [0.2, 0.25) is 0 Å². The highest BCUT2D eigenvalue weighted by atomic mass is 31.2. The molecule has 2 aromatic carbocycles. The molecule has 1 saturated heterocycles. The molecule has 1 unspecified atom stereocenters. The van der Waals surface area contributed by atoms with E-state index < -0.39 is 92.2 Å². The molecule has 74 heavy (non-hydrogen) atoms. The molecule has 3 heterocycles. The fourth-order valence-electron chi connectivity index (χ4n) is 7.65. The summed E-state index contributed by atoms with van der Waals surface area (Å²) < 4.78 is 64.6. The average molecular weight is 1050 g/mol. The van der Waals surface area contributed by atoms with Gasteiger partial charge in [0, 0.05) is 19.7 Å². The lowest BCUT2D eigenvalue weighted by molar-refractivity contribution is -0.172. The Kier molecular flexibility index (Phi) is 21.5. The second-order valence-electron chi connectivity index (χ2n) is 19.1. The Labute approximate surface area is 432 Å². The van der Waals surface area contributed by atoms with Crippen molar-refractivity contribution in [1.82, 2.24) is 25.0 Å². The molecule has 2 aromatic heterocycles. The summed E-state index contributed by atoms with van der Waals surface area (Å²) >= 11 is 0. The molecule has 0 spiro atoms. The number of hydrogen-bond donors (Lipinski definition) is 3. The molecule has 404 valence electrons. The number of fused-ring (bicyclic) bond motifs is 1. The highest BCUT2D eigenvalue weighted by Gasteiger charge is 2.61. The highest BCUT2D eigenvalue weighted by Crippen LogP contribution is 2.48. The van der Waals surface area contributed by atoms with E-state index in [2.05, 4.69) is 25.5 Å². The van der Waals surface area contributed by atoms with E-state index in [0.29, 0.717) is 17.5 Å². The number of alkyl carbamates (subject to hydrolysis) is 1. The second-order valence-corrected chi connectivity index (χ2v) is 20.8. The van der Waals surface area contributed by atoms with Gasteiger partial charge in [0.15, 0.2) is 23.6 Å². The highest BCUT2D eigenvalue weighted by molar-refractivity contribution is 7.52. The Bertz CT molecular complexity index is 2570. The molecule has 0 aliphatic carbocycles. The zero-order valence-electron chi connectivity index (χ0n) is 43.9. The van der Waals surface area contributed by atoms with Crippen LogP contribution in [0.25, 0.3) is 5.52 Å². The number of anilines is 1. The maximum Gasteiger partial charge on any atom is 0.459 e. The minimum atomic E-state index is -4.70. The third-order valence-electron chi connectivity index (χ3n) is 12.1. The van der Waals surface area contributed by atoms with Crippen molar-refractivity contribution in [2.45, 2.75) is 131 Å². The average Bonchev–Trinajstić information content (AvgIpc) is 3.93. The minimum Gasteiger partial charge on any atom is -0.464 e. The van der Waals surface area contributed by atoms with Crippen molar-refractivity contribution in [2.24, 2.45) is 28.7 Å². The van der Waals surface area contributed by atoms with Gasteiger partial charge in [-0.3, -0.25) is 23.9 Å². The number of esters is 4. The summed E-state index contributed by atoms with van der Waals surface area (Å²) in [7, 11) is -3.23. The molecular weight excluding hydrogens is 978 g/mol. The second kappa shape index (κ2) is 27.2. The Morgan fingerprint density at radius 1 is 0.851 bits per heavy atom. The first-order valence-corrected chi connectivity index (χ1v) is 26.5. The maximum atomic E-state index is 15.2. The lowest BCUT2D eigenvalue weighted by Gasteiger charge is -2.32. The molecule has 0 bridgehead atoms. The van der Waals surface area contributed by atoms with Gasteiger partial charge >= 0.3 is 37.7 Å². The van der Waals surface area contributed by atoms with Crippen molar-refractivity contribution in [1.29, 1.82) is 0 Å². The van der Waals surface area contributed by atoms with Crippen LogP contribution in [0.3, 0.4) is 0 Å². The number of amides is 1. The summed E-state index contributed by atoms with van der Waals surface area (Å²) in [6, 6.07) is 16.0. The van der Waals surface area contributed by atoms with Crippen LogP contribution in [-0.2, 0) is 75.3 Å². The molecule has 21 nitrogen and oxygen atoms in total. The van der Waals surface area contributed by atoms with Gasteiger partial charge < -0.3 is 44.0 Å². The molecule has 1 fully saturated rings. The fraction of sp³-hybridized carbons (Fsp3) is 0.538. The summed E-state index contributed by atoms with van der Waals surface area (Å²) in [5.74, 6) is -3.56. The normalized spacial score (nSPS) is 19.4. The third-order valence-corrected chi connectivity index (χ3v) is 13.8. The molecule has 5 rings (SSSR count). The van der Waals surface area contributed by atoms with Gasteiger partial charge in [-0.2, -0.15) is 10.2 Å². The van der Waals surface area contributed by atoms with Crippen molar-refractivity contribution >= 4 is 55.3 Å².